The second kappa shape index (κ2) is 11.4. The van der Waals surface area contributed by atoms with Crippen LogP contribution in [-0.2, 0) is 10.0 Å². The summed E-state index contributed by atoms with van der Waals surface area (Å²) in [5.41, 5.74) is 5.63. The number of nitrogens with zero attached hydrogens (tertiary/aromatic N) is 4. The molecule has 3 aromatic carbocycles. The zero-order valence-electron chi connectivity index (χ0n) is 22.2. The molecule has 0 spiro atoms. The zero-order valence-corrected chi connectivity index (χ0v) is 23.7. The Balaban J connectivity index is 1.32. The number of fused-ring (bicyclic) bond motifs is 1. The first-order valence-electron chi connectivity index (χ1n) is 12.8. The molecule has 1 saturated heterocycles. The predicted octanol–water partition coefficient (Wildman–Crippen LogP) is 5.09. The van der Waals surface area contributed by atoms with Crippen molar-refractivity contribution in [3.8, 4) is 16.9 Å². The number of methoxy groups -OCH3 is 1. The van der Waals surface area contributed by atoms with E-state index in [0.717, 1.165) is 47.6 Å². The van der Waals surface area contributed by atoms with Crippen LogP contribution in [0.25, 0.3) is 22.2 Å². The largest absolute Gasteiger partial charge is 0.496 e. The van der Waals surface area contributed by atoms with Crippen LogP contribution < -0.4 is 14.8 Å². The van der Waals surface area contributed by atoms with Crippen molar-refractivity contribution >= 4 is 44.3 Å². The van der Waals surface area contributed by atoms with Gasteiger partial charge in [-0.3, -0.25) is 0 Å². The number of hydrogen-bond donors (Lipinski definition) is 2. The molecule has 2 heterocycles. The third-order valence-electron chi connectivity index (χ3n) is 6.96. The van der Waals surface area contributed by atoms with Crippen molar-refractivity contribution in [3.05, 3.63) is 64.7 Å². The highest BCUT2D eigenvalue weighted by Crippen LogP contribution is 2.37. The molecule has 39 heavy (non-hydrogen) atoms. The summed E-state index contributed by atoms with van der Waals surface area (Å²) < 4.78 is 33.5. The number of halogens is 1. The number of aryl methyl sites for hydroxylation is 1. The number of sulfonamides is 1. The first-order chi connectivity index (χ1) is 18.7. The maximum absolute atomic E-state index is 12.7. The Kier molecular flexibility index (Phi) is 7.99. The molecule has 11 heteroatoms. The van der Waals surface area contributed by atoms with Crippen LogP contribution in [0.5, 0.6) is 5.75 Å². The lowest BCUT2D eigenvalue weighted by Crippen LogP contribution is -2.33. The van der Waals surface area contributed by atoms with Gasteiger partial charge < -0.3 is 15.0 Å². The molecule has 1 fully saturated rings. The summed E-state index contributed by atoms with van der Waals surface area (Å²) in [5.74, 6) is 1.07. The maximum Gasteiger partial charge on any atom is 0.247 e. The summed E-state index contributed by atoms with van der Waals surface area (Å²) in [6.07, 6.45) is 2.35. The summed E-state index contributed by atoms with van der Waals surface area (Å²) >= 11 is 6.54. The highest BCUT2D eigenvalue weighted by molar-refractivity contribution is 7.89. The van der Waals surface area contributed by atoms with Crippen molar-refractivity contribution in [2.24, 2.45) is 0 Å². The molecule has 204 valence electrons. The van der Waals surface area contributed by atoms with Crippen LogP contribution >= 0.6 is 11.6 Å². The summed E-state index contributed by atoms with van der Waals surface area (Å²) in [7, 11) is -1.94. The number of anilines is 2. The van der Waals surface area contributed by atoms with E-state index in [1.165, 1.54) is 12.8 Å². The third kappa shape index (κ3) is 5.99. The van der Waals surface area contributed by atoms with Gasteiger partial charge in [-0.1, -0.05) is 11.6 Å². The van der Waals surface area contributed by atoms with E-state index in [1.807, 2.05) is 38.1 Å². The Morgan fingerprint density at radius 3 is 2.49 bits per heavy atom. The molecule has 4 aromatic rings. The van der Waals surface area contributed by atoms with E-state index in [2.05, 4.69) is 30.1 Å². The van der Waals surface area contributed by atoms with Gasteiger partial charge >= 0.3 is 0 Å². The van der Waals surface area contributed by atoms with Gasteiger partial charge in [0.15, 0.2) is 0 Å². The highest BCUT2D eigenvalue weighted by Gasteiger charge is 2.17. The van der Waals surface area contributed by atoms with Crippen LogP contribution in [0, 0.1) is 13.8 Å². The van der Waals surface area contributed by atoms with Crippen molar-refractivity contribution in [3.63, 3.8) is 0 Å². The number of likely N-dealkylation sites (tertiary alicyclic amines) is 1. The van der Waals surface area contributed by atoms with Gasteiger partial charge in [0, 0.05) is 34.9 Å². The Hall–Kier alpha value is -3.31. The number of benzene rings is 3. The molecule has 2 N–H and O–H groups in total. The van der Waals surface area contributed by atoms with Crippen molar-refractivity contribution in [2.45, 2.75) is 31.6 Å². The van der Waals surface area contributed by atoms with Crippen molar-refractivity contribution in [1.29, 1.82) is 0 Å². The van der Waals surface area contributed by atoms with E-state index < -0.39 is 10.0 Å². The highest BCUT2D eigenvalue weighted by atomic mass is 35.5. The maximum atomic E-state index is 12.7. The second-order valence-corrected chi connectivity index (χ2v) is 11.8. The number of nitrogens with one attached hydrogen (secondary N) is 2. The predicted molar refractivity (Wildman–Crippen MR) is 154 cm³/mol. The first kappa shape index (κ1) is 27.3. The molecule has 0 aliphatic carbocycles. The molecule has 1 aliphatic heterocycles. The fourth-order valence-corrected chi connectivity index (χ4v) is 6.25. The smallest absolute Gasteiger partial charge is 0.247 e. The van der Waals surface area contributed by atoms with Gasteiger partial charge in [0.1, 0.15) is 11.3 Å². The summed E-state index contributed by atoms with van der Waals surface area (Å²) in [6, 6.07) is 14.1. The summed E-state index contributed by atoms with van der Waals surface area (Å²) in [5, 5.41) is 12.4. The SMILES string of the molecule is COc1ccc(Cl)c(-c2cc(C)c3nc(Nc4ccc(S(=O)(=O)NCCN5CCCC5)cc4)nnc3c2)c1C. The topological polar surface area (TPSA) is 109 Å². The van der Waals surface area contributed by atoms with Gasteiger partial charge in [-0.05, 0) is 99.4 Å². The van der Waals surface area contributed by atoms with E-state index in [4.69, 9.17) is 16.3 Å². The van der Waals surface area contributed by atoms with Crippen LogP contribution in [0.2, 0.25) is 5.02 Å². The molecule has 0 saturated carbocycles. The van der Waals surface area contributed by atoms with Crippen LogP contribution in [0.3, 0.4) is 0 Å². The summed E-state index contributed by atoms with van der Waals surface area (Å²) in [6.45, 7) is 7.11. The fraction of sp³-hybridized carbons (Fsp3) is 0.321. The molecular formula is C28H31ClN6O3S. The van der Waals surface area contributed by atoms with E-state index >= 15 is 0 Å². The Labute approximate surface area is 233 Å². The lowest BCUT2D eigenvalue weighted by Gasteiger charge is -2.15. The molecule has 1 aromatic heterocycles. The van der Waals surface area contributed by atoms with Crippen LogP contribution in [0.4, 0.5) is 11.6 Å². The van der Waals surface area contributed by atoms with Crippen molar-refractivity contribution < 1.29 is 13.2 Å². The minimum absolute atomic E-state index is 0.210. The number of rotatable bonds is 9. The fourth-order valence-electron chi connectivity index (χ4n) is 4.92. The number of aromatic nitrogens is 3. The molecule has 0 amide bonds. The standard InChI is InChI=1S/C28H31ClN6O3S/c1-18-16-20(26-19(2)25(38-3)11-10-23(26)29)17-24-27(18)32-28(34-33-24)31-21-6-8-22(9-7-21)39(36,37)30-12-15-35-13-4-5-14-35/h6-11,16-17,30H,4-5,12-15H2,1-3H3,(H,31,32,34). The second-order valence-electron chi connectivity index (χ2n) is 9.64. The number of hydrogen-bond acceptors (Lipinski definition) is 8. The van der Waals surface area contributed by atoms with Crippen LogP contribution in [0.1, 0.15) is 24.0 Å². The molecule has 0 bridgehead atoms. The molecule has 9 nitrogen and oxygen atoms in total. The Morgan fingerprint density at radius 1 is 1.03 bits per heavy atom. The average molecular weight is 567 g/mol. The van der Waals surface area contributed by atoms with Gasteiger partial charge in [0.25, 0.3) is 0 Å². The monoisotopic (exact) mass is 566 g/mol. The Morgan fingerprint density at radius 2 is 1.77 bits per heavy atom. The van der Waals surface area contributed by atoms with Crippen LogP contribution in [0.15, 0.2) is 53.4 Å². The molecule has 0 unspecified atom stereocenters. The lowest BCUT2D eigenvalue weighted by atomic mass is 9.97. The van der Waals surface area contributed by atoms with E-state index in [0.29, 0.717) is 34.2 Å². The van der Waals surface area contributed by atoms with Gasteiger partial charge in [-0.15, -0.1) is 10.2 Å². The molecule has 0 radical (unpaired) electrons. The molecular weight excluding hydrogens is 536 g/mol. The Bertz CT molecular complexity index is 1610. The van der Waals surface area contributed by atoms with Gasteiger partial charge in [-0.25, -0.2) is 18.1 Å². The lowest BCUT2D eigenvalue weighted by molar-refractivity contribution is 0.344. The van der Waals surface area contributed by atoms with Crippen molar-refractivity contribution in [1.82, 2.24) is 24.8 Å². The quantitative estimate of drug-likeness (QED) is 0.288. The van der Waals surface area contributed by atoms with E-state index in [9.17, 15) is 8.42 Å². The number of ether oxygens (including phenoxy) is 1. The minimum atomic E-state index is -3.58. The van der Waals surface area contributed by atoms with Gasteiger partial charge in [0.2, 0.25) is 16.0 Å². The first-order valence-corrected chi connectivity index (χ1v) is 14.7. The molecule has 5 rings (SSSR count). The molecule has 1 aliphatic rings. The van der Waals surface area contributed by atoms with E-state index in [-0.39, 0.29) is 4.90 Å². The third-order valence-corrected chi connectivity index (χ3v) is 8.76. The van der Waals surface area contributed by atoms with Crippen molar-refractivity contribution in [2.75, 3.05) is 38.6 Å². The molecule has 0 atom stereocenters. The minimum Gasteiger partial charge on any atom is -0.496 e. The average Bonchev–Trinajstić information content (AvgIpc) is 3.43. The van der Waals surface area contributed by atoms with Gasteiger partial charge in [0.05, 0.1) is 17.5 Å². The zero-order chi connectivity index (χ0) is 27.6. The van der Waals surface area contributed by atoms with Gasteiger partial charge in [-0.2, -0.15) is 0 Å². The normalized spacial score (nSPS) is 14.2. The van der Waals surface area contributed by atoms with Crippen LogP contribution in [-0.4, -0.2) is 61.8 Å². The van der Waals surface area contributed by atoms with E-state index in [1.54, 1.807) is 31.4 Å². The summed E-state index contributed by atoms with van der Waals surface area (Å²) in [4.78, 5) is 7.13.